The molecule has 2 aromatic carbocycles. The largest absolute Gasteiger partial charge is 0.492 e. The van der Waals surface area contributed by atoms with E-state index >= 15 is 0 Å². The van der Waals surface area contributed by atoms with Gasteiger partial charge in [0.2, 0.25) is 0 Å². The number of nitrogens with zero attached hydrogens (tertiary/aromatic N) is 1. The number of hydrogen-bond donors (Lipinski definition) is 2. The van der Waals surface area contributed by atoms with Crippen molar-refractivity contribution in [1.82, 2.24) is 0 Å². The fourth-order valence-corrected chi connectivity index (χ4v) is 1.83. The molecule has 0 fully saturated rings. The average molecular weight is 267 g/mol. The van der Waals surface area contributed by atoms with E-state index in [1.54, 1.807) is 0 Å². The zero-order valence-corrected chi connectivity index (χ0v) is 11.4. The molecular weight excluding hydrogens is 250 g/mol. The van der Waals surface area contributed by atoms with Gasteiger partial charge >= 0.3 is 0 Å². The number of nitriles is 1. The quantitative estimate of drug-likeness (QED) is 0.873. The normalized spacial score (nSPS) is 9.85. The molecule has 0 bridgehead atoms. The van der Waals surface area contributed by atoms with Gasteiger partial charge < -0.3 is 15.8 Å². The zero-order valence-electron chi connectivity index (χ0n) is 11.4. The lowest BCUT2D eigenvalue weighted by Crippen LogP contribution is -2.10. The Morgan fingerprint density at radius 1 is 1.20 bits per heavy atom. The molecule has 0 radical (unpaired) electrons. The first-order valence-corrected chi connectivity index (χ1v) is 6.43. The minimum Gasteiger partial charge on any atom is -0.492 e. The van der Waals surface area contributed by atoms with Crippen molar-refractivity contribution in [2.24, 2.45) is 5.73 Å². The van der Waals surface area contributed by atoms with Crippen molar-refractivity contribution >= 4 is 11.4 Å². The topological polar surface area (TPSA) is 71.1 Å². The molecule has 0 aliphatic carbocycles. The lowest BCUT2D eigenvalue weighted by Gasteiger charge is -2.10. The van der Waals surface area contributed by atoms with Crippen LogP contribution in [0, 0.1) is 18.3 Å². The van der Waals surface area contributed by atoms with Gasteiger partial charge in [-0.25, -0.2) is 0 Å². The summed E-state index contributed by atoms with van der Waals surface area (Å²) >= 11 is 0. The van der Waals surface area contributed by atoms with Crippen LogP contribution in [0.25, 0.3) is 0 Å². The average Bonchev–Trinajstić information content (AvgIpc) is 2.48. The summed E-state index contributed by atoms with van der Waals surface area (Å²) in [4.78, 5) is 0. The van der Waals surface area contributed by atoms with Crippen LogP contribution in [0.15, 0.2) is 42.5 Å². The molecule has 102 valence electrons. The van der Waals surface area contributed by atoms with Crippen LogP contribution in [0.3, 0.4) is 0 Å². The molecule has 0 aliphatic heterocycles. The Morgan fingerprint density at radius 2 is 1.95 bits per heavy atom. The van der Waals surface area contributed by atoms with E-state index in [-0.39, 0.29) is 0 Å². The molecule has 2 aromatic rings. The molecule has 0 aromatic heterocycles. The Morgan fingerprint density at radius 3 is 2.60 bits per heavy atom. The molecule has 0 aliphatic rings. The molecule has 0 saturated carbocycles. The molecule has 0 amide bonds. The fraction of sp³-hybridized carbons (Fsp3) is 0.188. The second kappa shape index (κ2) is 6.60. The fourth-order valence-electron chi connectivity index (χ4n) is 1.83. The van der Waals surface area contributed by atoms with Gasteiger partial charge in [0.25, 0.3) is 0 Å². The molecule has 0 unspecified atom stereocenters. The van der Waals surface area contributed by atoms with Gasteiger partial charge in [0.1, 0.15) is 18.4 Å². The first kappa shape index (κ1) is 13.9. The molecule has 3 N–H and O–H groups in total. The molecule has 2 rings (SSSR count). The minimum absolute atomic E-state index is 0.495. The van der Waals surface area contributed by atoms with Crippen molar-refractivity contribution < 1.29 is 4.74 Å². The van der Waals surface area contributed by atoms with E-state index in [0.29, 0.717) is 18.7 Å². The Bertz CT molecular complexity index is 615. The van der Waals surface area contributed by atoms with Crippen LogP contribution in [0.1, 0.15) is 11.1 Å². The maximum atomic E-state index is 9.14. The second-order valence-electron chi connectivity index (χ2n) is 4.45. The minimum atomic E-state index is 0.495. The van der Waals surface area contributed by atoms with Crippen LogP contribution in [0.2, 0.25) is 0 Å². The van der Waals surface area contributed by atoms with Gasteiger partial charge in [0.15, 0.2) is 0 Å². The van der Waals surface area contributed by atoms with Gasteiger partial charge in [-0.3, -0.25) is 0 Å². The number of hydrogen-bond acceptors (Lipinski definition) is 4. The third kappa shape index (κ3) is 3.50. The molecule has 0 heterocycles. The van der Waals surface area contributed by atoms with Crippen LogP contribution in [-0.4, -0.2) is 13.2 Å². The maximum Gasteiger partial charge on any atom is 0.119 e. The summed E-state index contributed by atoms with van der Waals surface area (Å²) in [5, 5.41) is 12.4. The SMILES string of the molecule is Cc1ccc(Nc2ccc(OCCN)cc2)c(C#N)c1. The molecule has 4 nitrogen and oxygen atoms in total. The predicted molar refractivity (Wildman–Crippen MR) is 80.2 cm³/mol. The highest BCUT2D eigenvalue weighted by Crippen LogP contribution is 2.23. The number of nitrogens with two attached hydrogens (primary N) is 1. The number of ether oxygens (including phenoxy) is 1. The van der Waals surface area contributed by atoms with Gasteiger partial charge in [0, 0.05) is 12.2 Å². The Hall–Kier alpha value is -2.51. The summed E-state index contributed by atoms with van der Waals surface area (Å²) in [5.41, 5.74) is 8.79. The first-order chi connectivity index (χ1) is 9.72. The standard InChI is InChI=1S/C16H17N3O/c1-12-2-7-16(13(10-12)11-18)19-14-3-5-15(6-4-14)20-9-8-17/h2-7,10,19H,8-9,17H2,1H3. The van der Waals surface area contributed by atoms with Crippen LogP contribution < -0.4 is 15.8 Å². The van der Waals surface area contributed by atoms with Gasteiger partial charge in [-0.1, -0.05) is 6.07 Å². The van der Waals surface area contributed by atoms with Crippen molar-refractivity contribution in [3.8, 4) is 11.8 Å². The van der Waals surface area contributed by atoms with E-state index in [9.17, 15) is 0 Å². The summed E-state index contributed by atoms with van der Waals surface area (Å²) in [6, 6.07) is 15.5. The highest BCUT2D eigenvalue weighted by molar-refractivity contribution is 5.67. The lowest BCUT2D eigenvalue weighted by atomic mass is 10.1. The molecule has 0 spiro atoms. The van der Waals surface area contributed by atoms with Crippen LogP contribution in [-0.2, 0) is 0 Å². The number of rotatable bonds is 5. The molecule has 20 heavy (non-hydrogen) atoms. The predicted octanol–water partition coefficient (Wildman–Crippen LogP) is 2.95. The van der Waals surface area contributed by atoms with E-state index in [1.807, 2.05) is 49.4 Å². The Kier molecular flexibility index (Phi) is 4.59. The summed E-state index contributed by atoms with van der Waals surface area (Å²) in [5.74, 6) is 0.783. The van der Waals surface area contributed by atoms with Gasteiger partial charge in [-0.05, 0) is 48.9 Å². The van der Waals surface area contributed by atoms with E-state index in [2.05, 4.69) is 11.4 Å². The Labute approximate surface area is 118 Å². The summed E-state index contributed by atoms with van der Waals surface area (Å²) in [6.45, 7) is 2.96. The summed E-state index contributed by atoms with van der Waals surface area (Å²) < 4.78 is 5.42. The number of anilines is 2. The highest BCUT2D eigenvalue weighted by atomic mass is 16.5. The van der Waals surface area contributed by atoms with Crippen molar-refractivity contribution in [1.29, 1.82) is 5.26 Å². The van der Waals surface area contributed by atoms with E-state index < -0.39 is 0 Å². The first-order valence-electron chi connectivity index (χ1n) is 6.43. The monoisotopic (exact) mass is 267 g/mol. The molecule has 0 atom stereocenters. The number of benzene rings is 2. The third-order valence-electron chi connectivity index (χ3n) is 2.82. The van der Waals surface area contributed by atoms with Crippen molar-refractivity contribution in [2.75, 3.05) is 18.5 Å². The highest BCUT2D eigenvalue weighted by Gasteiger charge is 2.03. The molecule has 0 saturated heterocycles. The number of nitrogens with one attached hydrogen (secondary N) is 1. The van der Waals surface area contributed by atoms with Crippen LogP contribution >= 0.6 is 0 Å². The van der Waals surface area contributed by atoms with E-state index in [1.165, 1.54) is 0 Å². The van der Waals surface area contributed by atoms with Crippen molar-refractivity contribution in [3.05, 3.63) is 53.6 Å². The van der Waals surface area contributed by atoms with E-state index in [4.69, 9.17) is 15.7 Å². The zero-order chi connectivity index (χ0) is 14.4. The van der Waals surface area contributed by atoms with Gasteiger partial charge in [-0.15, -0.1) is 0 Å². The summed E-state index contributed by atoms with van der Waals surface area (Å²) in [7, 11) is 0. The third-order valence-corrected chi connectivity index (χ3v) is 2.82. The maximum absolute atomic E-state index is 9.14. The summed E-state index contributed by atoms with van der Waals surface area (Å²) in [6.07, 6.45) is 0. The van der Waals surface area contributed by atoms with Crippen molar-refractivity contribution in [3.63, 3.8) is 0 Å². The molecular formula is C16H17N3O. The van der Waals surface area contributed by atoms with Crippen molar-refractivity contribution in [2.45, 2.75) is 6.92 Å². The van der Waals surface area contributed by atoms with Crippen LogP contribution in [0.5, 0.6) is 5.75 Å². The Balaban J connectivity index is 2.12. The second-order valence-corrected chi connectivity index (χ2v) is 4.45. The van der Waals surface area contributed by atoms with Gasteiger partial charge in [-0.2, -0.15) is 5.26 Å². The van der Waals surface area contributed by atoms with Gasteiger partial charge in [0.05, 0.1) is 11.3 Å². The van der Waals surface area contributed by atoms with E-state index in [0.717, 1.165) is 22.7 Å². The lowest BCUT2D eigenvalue weighted by molar-refractivity contribution is 0.328. The number of aryl methyl sites for hydroxylation is 1. The smallest absolute Gasteiger partial charge is 0.119 e. The van der Waals surface area contributed by atoms with Crippen LogP contribution in [0.4, 0.5) is 11.4 Å². The molecule has 4 heteroatoms.